The largest absolute Gasteiger partial charge is 0.322 e. The Balaban J connectivity index is 1.89. The smallest absolute Gasteiger partial charge is 0.232 e. The number of carbonyl (C=O) groups excluding carboxylic acids is 1. The number of H-pyrrole nitrogens is 1. The van der Waals surface area contributed by atoms with Crippen molar-refractivity contribution in [3.63, 3.8) is 0 Å². The lowest BCUT2D eigenvalue weighted by Gasteiger charge is -2.16. The molecule has 0 fully saturated rings. The van der Waals surface area contributed by atoms with E-state index in [2.05, 4.69) is 15.5 Å². The minimum Gasteiger partial charge on any atom is -0.322 e. The van der Waals surface area contributed by atoms with Crippen molar-refractivity contribution in [3.8, 4) is 11.3 Å². The Kier molecular flexibility index (Phi) is 5.19. The predicted molar refractivity (Wildman–Crippen MR) is 102 cm³/mol. The van der Waals surface area contributed by atoms with E-state index in [-0.39, 0.29) is 11.8 Å². The second kappa shape index (κ2) is 7.53. The van der Waals surface area contributed by atoms with Gasteiger partial charge < -0.3 is 5.32 Å². The van der Waals surface area contributed by atoms with Crippen molar-refractivity contribution < 1.29 is 4.79 Å². The zero-order valence-electron chi connectivity index (χ0n) is 14.2. The molecule has 5 heteroatoms. The van der Waals surface area contributed by atoms with Crippen molar-refractivity contribution in [2.45, 2.75) is 26.2 Å². The fraction of sp³-hybridized carbons (Fsp3) is 0.200. The van der Waals surface area contributed by atoms with Gasteiger partial charge in [0, 0.05) is 10.6 Å². The van der Waals surface area contributed by atoms with Gasteiger partial charge >= 0.3 is 0 Å². The Morgan fingerprint density at radius 2 is 1.84 bits per heavy atom. The number of amides is 1. The highest BCUT2D eigenvalue weighted by Gasteiger charge is 2.22. The number of benzene rings is 2. The molecule has 2 N–H and O–H groups in total. The van der Waals surface area contributed by atoms with Crippen LogP contribution in [0.15, 0.2) is 54.6 Å². The number of halogens is 1. The normalized spacial score (nSPS) is 12.0. The van der Waals surface area contributed by atoms with Crippen molar-refractivity contribution >= 4 is 23.2 Å². The molecule has 0 unspecified atom stereocenters. The Hall–Kier alpha value is -2.59. The van der Waals surface area contributed by atoms with Gasteiger partial charge in [0.2, 0.25) is 5.91 Å². The van der Waals surface area contributed by atoms with Gasteiger partial charge in [-0.05, 0) is 31.0 Å². The summed E-state index contributed by atoms with van der Waals surface area (Å²) in [5.41, 5.74) is 4.15. The summed E-state index contributed by atoms with van der Waals surface area (Å²) >= 11 is 5.96. The molecule has 0 spiro atoms. The van der Waals surface area contributed by atoms with E-state index >= 15 is 0 Å². The van der Waals surface area contributed by atoms with E-state index in [1.54, 1.807) is 0 Å². The van der Waals surface area contributed by atoms with E-state index in [4.69, 9.17) is 11.6 Å². The van der Waals surface area contributed by atoms with Gasteiger partial charge in [-0.3, -0.25) is 9.89 Å². The van der Waals surface area contributed by atoms with E-state index in [1.807, 2.05) is 68.4 Å². The van der Waals surface area contributed by atoms with Crippen LogP contribution in [0.2, 0.25) is 5.02 Å². The van der Waals surface area contributed by atoms with Crippen molar-refractivity contribution in [1.29, 1.82) is 0 Å². The highest BCUT2D eigenvalue weighted by atomic mass is 35.5. The number of aryl methyl sites for hydroxylation is 1. The fourth-order valence-corrected chi connectivity index (χ4v) is 2.99. The van der Waals surface area contributed by atoms with E-state index in [0.29, 0.717) is 16.4 Å². The van der Waals surface area contributed by atoms with E-state index in [9.17, 15) is 4.79 Å². The molecular formula is C20H20ClN3O. The Bertz CT molecular complexity index is 856. The molecule has 25 heavy (non-hydrogen) atoms. The maximum absolute atomic E-state index is 12.9. The molecule has 1 heterocycles. The quantitative estimate of drug-likeness (QED) is 0.664. The van der Waals surface area contributed by atoms with Crippen molar-refractivity contribution in [2.24, 2.45) is 0 Å². The zero-order valence-corrected chi connectivity index (χ0v) is 15.0. The van der Waals surface area contributed by atoms with Crippen molar-refractivity contribution in [3.05, 3.63) is 70.9 Å². The minimum atomic E-state index is -0.200. The number of hydrogen-bond acceptors (Lipinski definition) is 2. The van der Waals surface area contributed by atoms with Crippen LogP contribution in [-0.4, -0.2) is 16.1 Å². The predicted octanol–water partition coefficient (Wildman–Crippen LogP) is 5.17. The summed E-state index contributed by atoms with van der Waals surface area (Å²) in [6.45, 7) is 3.91. The number of nitrogens with one attached hydrogen (secondary N) is 2. The van der Waals surface area contributed by atoms with Crippen molar-refractivity contribution in [1.82, 2.24) is 10.2 Å². The molecule has 0 aliphatic heterocycles. The average Bonchev–Trinajstić information content (AvgIpc) is 2.98. The Morgan fingerprint density at radius 3 is 2.48 bits per heavy atom. The van der Waals surface area contributed by atoms with Gasteiger partial charge in [0.15, 0.2) is 0 Å². The number of nitrogens with zero attached hydrogens (tertiary/aromatic N) is 1. The standard InChI is InChI=1S/C20H20ClN3O/c1-3-17(14-7-5-4-6-8-14)20(25)22-18-13(2)23-24-19(18)15-9-11-16(21)12-10-15/h4-12,17H,3H2,1-2H3,(H,22,25)(H,23,24)/t17-/m1/s1. The first kappa shape index (κ1) is 17.2. The molecule has 3 aromatic rings. The van der Waals surface area contributed by atoms with Crippen LogP contribution >= 0.6 is 11.6 Å². The lowest BCUT2D eigenvalue weighted by atomic mass is 9.95. The van der Waals surface area contributed by atoms with Crippen LogP contribution < -0.4 is 5.32 Å². The van der Waals surface area contributed by atoms with Crippen LogP contribution in [0.5, 0.6) is 0 Å². The number of carbonyl (C=O) groups is 1. The molecule has 1 atom stereocenters. The van der Waals surface area contributed by atoms with Gasteiger partial charge in [0.05, 0.1) is 17.3 Å². The van der Waals surface area contributed by atoms with Crippen LogP contribution in [0, 0.1) is 6.92 Å². The molecule has 4 nitrogen and oxygen atoms in total. The summed E-state index contributed by atoms with van der Waals surface area (Å²) in [5, 5.41) is 11.0. The summed E-state index contributed by atoms with van der Waals surface area (Å²) in [6.07, 6.45) is 0.725. The molecule has 0 saturated carbocycles. The molecular weight excluding hydrogens is 334 g/mol. The number of aromatic nitrogens is 2. The van der Waals surface area contributed by atoms with Gasteiger partial charge in [0.25, 0.3) is 0 Å². The fourth-order valence-electron chi connectivity index (χ4n) is 2.87. The first-order valence-corrected chi connectivity index (χ1v) is 8.64. The SMILES string of the molecule is CC[C@@H](C(=O)Nc1c(-c2ccc(Cl)cc2)n[nH]c1C)c1ccccc1. The van der Waals surface area contributed by atoms with Crippen LogP contribution in [-0.2, 0) is 4.79 Å². The molecule has 0 aliphatic carbocycles. The third kappa shape index (κ3) is 3.74. The summed E-state index contributed by atoms with van der Waals surface area (Å²) < 4.78 is 0. The summed E-state index contributed by atoms with van der Waals surface area (Å²) in [5.74, 6) is -0.234. The van der Waals surface area contributed by atoms with Crippen LogP contribution in [0.25, 0.3) is 11.3 Å². The molecule has 2 aromatic carbocycles. The second-order valence-corrected chi connectivity index (χ2v) is 6.38. The molecule has 0 aliphatic rings. The number of anilines is 1. The first-order valence-electron chi connectivity index (χ1n) is 8.27. The van der Waals surface area contributed by atoms with Gasteiger partial charge in [-0.15, -0.1) is 0 Å². The number of aromatic amines is 1. The third-order valence-corrected chi connectivity index (χ3v) is 4.49. The van der Waals surface area contributed by atoms with Gasteiger partial charge in [-0.2, -0.15) is 5.10 Å². The second-order valence-electron chi connectivity index (χ2n) is 5.94. The first-order chi connectivity index (χ1) is 12.1. The highest BCUT2D eigenvalue weighted by molar-refractivity contribution is 6.30. The zero-order chi connectivity index (χ0) is 17.8. The molecule has 0 saturated heterocycles. The third-order valence-electron chi connectivity index (χ3n) is 4.24. The lowest BCUT2D eigenvalue weighted by Crippen LogP contribution is -2.21. The van der Waals surface area contributed by atoms with Crippen LogP contribution in [0.3, 0.4) is 0 Å². The molecule has 128 valence electrons. The van der Waals surface area contributed by atoms with Gasteiger partial charge in [0.1, 0.15) is 5.69 Å². The monoisotopic (exact) mass is 353 g/mol. The Morgan fingerprint density at radius 1 is 1.16 bits per heavy atom. The highest BCUT2D eigenvalue weighted by Crippen LogP contribution is 2.31. The van der Waals surface area contributed by atoms with Gasteiger partial charge in [-0.25, -0.2) is 0 Å². The number of hydrogen-bond donors (Lipinski definition) is 2. The van der Waals surface area contributed by atoms with E-state index in [0.717, 1.165) is 23.2 Å². The molecule has 0 bridgehead atoms. The molecule has 1 amide bonds. The number of rotatable bonds is 5. The van der Waals surface area contributed by atoms with E-state index < -0.39 is 0 Å². The van der Waals surface area contributed by atoms with Crippen molar-refractivity contribution in [2.75, 3.05) is 5.32 Å². The summed E-state index contributed by atoms with van der Waals surface area (Å²) in [6, 6.07) is 17.2. The lowest BCUT2D eigenvalue weighted by molar-refractivity contribution is -0.117. The summed E-state index contributed by atoms with van der Waals surface area (Å²) in [4.78, 5) is 12.9. The molecule has 0 radical (unpaired) electrons. The Labute approximate surface area is 152 Å². The molecule has 1 aromatic heterocycles. The van der Waals surface area contributed by atoms with Crippen LogP contribution in [0.4, 0.5) is 5.69 Å². The molecule has 3 rings (SSSR count). The van der Waals surface area contributed by atoms with E-state index in [1.165, 1.54) is 0 Å². The maximum atomic E-state index is 12.9. The minimum absolute atomic E-state index is 0.0339. The topological polar surface area (TPSA) is 57.8 Å². The summed E-state index contributed by atoms with van der Waals surface area (Å²) in [7, 11) is 0. The van der Waals surface area contributed by atoms with Crippen LogP contribution in [0.1, 0.15) is 30.5 Å². The van der Waals surface area contributed by atoms with Gasteiger partial charge in [-0.1, -0.05) is 61.0 Å². The average molecular weight is 354 g/mol. The maximum Gasteiger partial charge on any atom is 0.232 e.